The van der Waals surface area contributed by atoms with E-state index in [2.05, 4.69) is 25.9 Å². The summed E-state index contributed by atoms with van der Waals surface area (Å²) >= 11 is 0. The average Bonchev–Trinajstić information content (AvgIpc) is 3.68. The molecule has 1 saturated heterocycles. The summed E-state index contributed by atoms with van der Waals surface area (Å²) in [7, 11) is 0. The molecule has 0 radical (unpaired) electrons. The summed E-state index contributed by atoms with van der Waals surface area (Å²) in [6.45, 7) is 3.88. The number of amides is 1. The highest BCUT2D eigenvalue weighted by Crippen LogP contribution is 2.40. The van der Waals surface area contributed by atoms with Crippen LogP contribution >= 0.6 is 0 Å². The summed E-state index contributed by atoms with van der Waals surface area (Å²) in [6.07, 6.45) is 4.83. The number of carbonyl (C=O) groups is 1. The van der Waals surface area contributed by atoms with Crippen LogP contribution in [0.4, 0.5) is 16.0 Å². The van der Waals surface area contributed by atoms with Crippen molar-refractivity contribution in [2.45, 2.75) is 38.4 Å². The predicted octanol–water partition coefficient (Wildman–Crippen LogP) is 5.25. The van der Waals surface area contributed by atoms with Gasteiger partial charge in [0.15, 0.2) is 0 Å². The van der Waals surface area contributed by atoms with Crippen molar-refractivity contribution in [2.75, 3.05) is 23.7 Å². The maximum absolute atomic E-state index is 13.4. The minimum absolute atomic E-state index is 0.282. The number of hydrogen-bond donors (Lipinski definition) is 3. The van der Waals surface area contributed by atoms with Gasteiger partial charge in [0, 0.05) is 41.4 Å². The number of carbonyl (C=O) groups excluding carboxylic acids is 1. The molecule has 3 heterocycles. The molecule has 2 fully saturated rings. The number of benzene rings is 2. The first kappa shape index (κ1) is 24.2. The van der Waals surface area contributed by atoms with Crippen LogP contribution in [0.15, 0.2) is 60.9 Å². The van der Waals surface area contributed by atoms with E-state index in [-0.39, 0.29) is 18.4 Å². The van der Waals surface area contributed by atoms with E-state index in [0.717, 1.165) is 47.8 Å². The molecule has 2 aromatic heterocycles. The SMILES string of the molecule is Cc1ccc2c(NC(=O)[C@@H]3C[C@H]3F)cccc2c1Oc1ncccc1-c1ccnc(N[C@H]2CCCNC2)n1. The van der Waals surface area contributed by atoms with Gasteiger partial charge >= 0.3 is 0 Å². The first-order chi connectivity index (χ1) is 18.6. The Morgan fingerprint density at radius 1 is 1.08 bits per heavy atom. The minimum atomic E-state index is -1.05. The van der Waals surface area contributed by atoms with Gasteiger partial charge in [0.2, 0.25) is 17.7 Å². The Hall–Kier alpha value is -4.11. The molecule has 3 N–H and O–H groups in total. The van der Waals surface area contributed by atoms with Gasteiger partial charge in [0.1, 0.15) is 11.9 Å². The van der Waals surface area contributed by atoms with E-state index >= 15 is 0 Å². The molecule has 1 amide bonds. The highest BCUT2D eigenvalue weighted by atomic mass is 19.1. The number of rotatable bonds is 7. The molecule has 1 saturated carbocycles. The molecule has 8 nitrogen and oxygen atoms in total. The lowest BCUT2D eigenvalue weighted by atomic mass is 10.0. The Kier molecular flexibility index (Phi) is 6.59. The molecule has 9 heteroatoms. The van der Waals surface area contributed by atoms with Gasteiger partial charge in [-0.3, -0.25) is 4.79 Å². The fourth-order valence-electron chi connectivity index (χ4n) is 4.84. The Morgan fingerprint density at radius 2 is 1.97 bits per heavy atom. The van der Waals surface area contributed by atoms with Gasteiger partial charge in [0.05, 0.1) is 17.2 Å². The van der Waals surface area contributed by atoms with Crippen LogP contribution in [0.1, 0.15) is 24.8 Å². The van der Waals surface area contributed by atoms with Gasteiger partial charge < -0.3 is 20.7 Å². The monoisotopic (exact) mass is 512 g/mol. The van der Waals surface area contributed by atoms with Gasteiger partial charge in [0.25, 0.3) is 0 Å². The van der Waals surface area contributed by atoms with Gasteiger partial charge in [-0.2, -0.15) is 0 Å². The molecule has 3 atom stereocenters. The summed E-state index contributed by atoms with van der Waals surface area (Å²) in [5, 5.41) is 11.3. The van der Waals surface area contributed by atoms with Crippen LogP contribution in [0, 0.1) is 12.8 Å². The molecular weight excluding hydrogens is 483 g/mol. The Balaban J connectivity index is 1.31. The highest BCUT2D eigenvalue weighted by molar-refractivity contribution is 6.05. The molecule has 6 rings (SSSR count). The third-order valence-electron chi connectivity index (χ3n) is 7.05. The van der Waals surface area contributed by atoms with Crippen molar-refractivity contribution >= 4 is 28.3 Å². The van der Waals surface area contributed by atoms with Crippen molar-refractivity contribution in [1.82, 2.24) is 20.3 Å². The maximum Gasteiger partial charge on any atom is 0.230 e. The molecule has 1 aliphatic heterocycles. The van der Waals surface area contributed by atoms with Crippen LogP contribution in [0.3, 0.4) is 0 Å². The fraction of sp³-hybridized carbons (Fsp3) is 0.310. The zero-order valence-electron chi connectivity index (χ0n) is 21.1. The van der Waals surface area contributed by atoms with Crippen molar-refractivity contribution in [3.63, 3.8) is 0 Å². The molecule has 1 aliphatic carbocycles. The van der Waals surface area contributed by atoms with E-state index in [1.807, 2.05) is 55.5 Å². The first-order valence-corrected chi connectivity index (χ1v) is 13.0. The van der Waals surface area contributed by atoms with Crippen LogP contribution in [0.5, 0.6) is 11.6 Å². The lowest BCUT2D eigenvalue weighted by molar-refractivity contribution is -0.117. The lowest BCUT2D eigenvalue weighted by Crippen LogP contribution is -2.38. The zero-order chi connectivity index (χ0) is 26.1. The molecule has 194 valence electrons. The number of aryl methyl sites for hydroxylation is 1. The Bertz CT molecular complexity index is 1490. The third kappa shape index (κ3) is 5.02. The number of ether oxygens (including phenoxy) is 1. The maximum atomic E-state index is 13.4. The summed E-state index contributed by atoms with van der Waals surface area (Å²) in [5.74, 6) is 0.758. The molecular formula is C29H29FN6O2. The number of pyridine rings is 1. The van der Waals surface area contributed by atoms with E-state index in [1.165, 1.54) is 0 Å². The second kappa shape index (κ2) is 10.3. The van der Waals surface area contributed by atoms with Crippen LogP contribution in [-0.4, -0.2) is 46.2 Å². The fourth-order valence-corrected chi connectivity index (χ4v) is 4.84. The van der Waals surface area contributed by atoms with Crippen LogP contribution in [0.2, 0.25) is 0 Å². The van der Waals surface area contributed by atoms with E-state index in [1.54, 1.807) is 12.4 Å². The quantitative estimate of drug-likeness (QED) is 0.311. The number of alkyl halides is 1. The highest BCUT2D eigenvalue weighted by Gasteiger charge is 2.43. The summed E-state index contributed by atoms with van der Waals surface area (Å²) in [6, 6.07) is 15.4. The Morgan fingerprint density at radius 3 is 2.79 bits per heavy atom. The van der Waals surface area contributed by atoms with Crippen molar-refractivity contribution in [2.24, 2.45) is 5.92 Å². The third-order valence-corrected chi connectivity index (χ3v) is 7.05. The van der Waals surface area contributed by atoms with Gasteiger partial charge in [-0.1, -0.05) is 24.3 Å². The lowest BCUT2D eigenvalue weighted by Gasteiger charge is -2.23. The largest absolute Gasteiger partial charge is 0.437 e. The zero-order valence-corrected chi connectivity index (χ0v) is 21.1. The Labute approximate surface area is 220 Å². The molecule has 2 aliphatic rings. The van der Waals surface area contributed by atoms with Crippen molar-refractivity contribution in [1.29, 1.82) is 0 Å². The number of aromatic nitrogens is 3. The molecule has 38 heavy (non-hydrogen) atoms. The van der Waals surface area contributed by atoms with Gasteiger partial charge in [-0.05, 0) is 62.6 Å². The number of anilines is 2. The molecule has 0 bridgehead atoms. The summed E-state index contributed by atoms with van der Waals surface area (Å²) < 4.78 is 19.9. The second-order valence-corrected chi connectivity index (χ2v) is 9.87. The van der Waals surface area contributed by atoms with Crippen LogP contribution in [-0.2, 0) is 4.79 Å². The summed E-state index contributed by atoms with van der Waals surface area (Å²) in [5.41, 5.74) is 2.98. The number of nitrogens with zero attached hydrogens (tertiary/aromatic N) is 3. The van der Waals surface area contributed by atoms with Crippen molar-refractivity contribution in [3.8, 4) is 22.9 Å². The topological polar surface area (TPSA) is 101 Å². The molecule has 4 aromatic rings. The standard InChI is InChI=1S/C29H29FN6O2/c1-17-9-10-19-20(6-2-8-24(19)35-27(37)22-15-23(22)30)26(17)38-28-21(7-4-13-32-28)25-11-14-33-29(36-25)34-18-5-3-12-31-16-18/h2,4,6-11,13-14,18,22-23,31H,3,5,12,15-16H2,1H3,(H,35,37)(H,33,34,36)/t18-,22+,23+/m0/s1. The van der Waals surface area contributed by atoms with Crippen LogP contribution < -0.4 is 20.7 Å². The second-order valence-electron chi connectivity index (χ2n) is 9.87. The van der Waals surface area contributed by atoms with Gasteiger partial charge in [-0.25, -0.2) is 19.3 Å². The number of piperidine rings is 1. The van der Waals surface area contributed by atoms with Gasteiger partial charge in [-0.15, -0.1) is 0 Å². The molecule has 0 unspecified atom stereocenters. The average molecular weight is 513 g/mol. The van der Waals surface area contributed by atoms with E-state index in [0.29, 0.717) is 29.0 Å². The number of hydrogen-bond acceptors (Lipinski definition) is 7. The smallest absolute Gasteiger partial charge is 0.230 e. The van der Waals surface area contributed by atoms with E-state index < -0.39 is 12.1 Å². The number of nitrogens with one attached hydrogen (secondary N) is 3. The number of fused-ring (bicyclic) bond motifs is 1. The summed E-state index contributed by atoms with van der Waals surface area (Å²) in [4.78, 5) is 26.1. The van der Waals surface area contributed by atoms with Crippen molar-refractivity contribution < 1.29 is 13.9 Å². The van der Waals surface area contributed by atoms with Crippen molar-refractivity contribution in [3.05, 3.63) is 66.5 Å². The van der Waals surface area contributed by atoms with E-state index in [4.69, 9.17) is 9.72 Å². The predicted molar refractivity (Wildman–Crippen MR) is 145 cm³/mol. The number of halogens is 1. The van der Waals surface area contributed by atoms with E-state index in [9.17, 15) is 9.18 Å². The first-order valence-electron chi connectivity index (χ1n) is 13.0. The minimum Gasteiger partial charge on any atom is -0.437 e. The van der Waals surface area contributed by atoms with Crippen LogP contribution in [0.25, 0.3) is 22.0 Å². The molecule has 2 aromatic carbocycles. The molecule has 0 spiro atoms. The normalized spacial score (nSPS) is 20.6.